The van der Waals surface area contributed by atoms with E-state index in [9.17, 15) is 5.11 Å². The van der Waals surface area contributed by atoms with E-state index in [1.165, 1.54) is 20.3 Å². The second-order valence-corrected chi connectivity index (χ2v) is 3.16. The van der Waals surface area contributed by atoms with Gasteiger partial charge in [0.05, 0.1) is 31.4 Å². The van der Waals surface area contributed by atoms with Crippen LogP contribution in [0.25, 0.3) is 0 Å². The summed E-state index contributed by atoms with van der Waals surface area (Å²) in [5.74, 6) is 0.586. The monoisotopic (exact) mass is 233 g/mol. The molecule has 0 aliphatic carbocycles. The zero-order chi connectivity index (χ0) is 11.4. The lowest BCUT2D eigenvalue weighted by atomic mass is 10.1. The highest BCUT2D eigenvalue weighted by molar-refractivity contribution is 6.32. The van der Waals surface area contributed by atoms with Gasteiger partial charge in [-0.3, -0.25) is 0 Å². The summed E-state index contributed by atoms with van der Waals surface area (Å²) >= 11 is 5.77. The summed E-state index contributed by atoms with van der Waals surface area (Å²) in [5, 5.41) is 18.4. The number of phenolic OH excluding ortho intramolecular Hbond substituents is 1. The van der Waals surface area contributed by atoms with Crippen molar-refractivity contribution in [2.24, 2.45) is 0 Å². The minimum Gasteiger partial charge on any atom is -0.506 e. The van der Waals surface area contributed by atoms with E-state index in [-0.39, 0.29) is 17.3 Å². The summed E-state index contributed by atoms with van der Waals surface area (Å²) in [6, 6.07) is 1.44. The van der Waals surface area contributed by atoms with Crippen LogP contribution in [0.4, 0.5) is 0 Å². The maximum absolute atomic E-state index is 9.64. The fraction of sp³-hybridized carbons (Fsp3) is 0.333. The molecule has 0 heterocycles. The molecular formula is C9H12ClNO4. The Balaban J connectivity index is 3.35. The number of aromatic hydroxyl groups is 1. The number of halogens is 1. The minimum atomic E-state index is -0.143. The molecule has 0 unspecified atom stereocenters. The summed E-state index contributed by atoms with van der Waals surface area (Å²) < 4.78 is 10.1. The molecule has 0 saturated heterocycles. The second kappa shape index (κ2) is 5.06. The van der Waals surface area contributed by atoms with Gasteiger partial charge in [-0.05, 0) is 0 Å². The van der Waals surface area contributed by atoms with Crippen molar-refractivity contribution < 1.29 is 19.8 Å². The molecular weight excluding hydrogens is 222 g/mol. The van der Waals surface area contributed by atoms with Crippen molar-refractivity contribution in [1.82, 2.24) is 5.48 Å². The normalized spacial score (nSPS) is 10.1. The van der Waals surface area contributed by atoms with Crippen molar-refractivity contribution in [1.29, 1.82) is 0 Å². The SMILES string of the molecule is COc1cc(Cl)c(O)c(CNO)c1OC. The van der Waals surface area contributed by atoms with E-state index in [0.29, 0.717) is 17.1 Å². The molecule has 0 spiro atoms. The number of hydrogen-bond acceptors (Lipinski definition) is 5. The molecule has 15 heavy (non-hydrogen) atoms. The second-order valence-electron chi connectivity index (χ2n) is 2.76. The zero-order valence-electron chi connectivity index (χ0n) is 8.37. The molecule has 0 amide bonds. The van der Waals surface area contributed by atoms with Gasteiger partial charge in [0, 0.05) is 6.07 Å². The highest BCUT2D eigenvalue weighted by Crippen LogP contribution is 2.41. The van der Waals surface area contributed by atoms with Crippen LogP contribution in [0.1, 0.15) is 5.56 Å². The van der Waals surface area contributed by atoms with Crippen LogP contribution >= 0.6 is 11.6 Å². The quantitative estimate of drug-likeness (QED) is 0.689. The van der Waals surface area contributed by atoms with Crippen LogP contribution in [0, 0.1) is 0 Å². The number of benzene rings is 1. The van der Waals surface area contributed by atoms with E-state index in [1.54, 1.807) is 0 Å². The molecule has 0 bridgehead atoms. The van der Waals surface area contributed by atoms with Gasteiger partial charge in [0.25, 0.3) is 0 Å². The van der Waals surface area contributed by atoms with Crippen molar-refractivity contribution >= 4 is 11.6 Å². The van der Waals surface area contributed by atoms with Crippen LogP contribution < -0.4 is 15.0 Å². The maximum atomic E-state index is 9.64. The van der Waals surface area contributed by atoms with Crippen molar-refractivity contribution in [3.63, 3.8) is 0 Å². The summed E-state index contributed by atoms with van der Waals surface area (Å²) in [7, 11) is 2.90. The first-order chi connectivity index (χ1) is 7.15. The molecule has 0 radical (unpaired) electrons. The molecule has 3 N–H and O–H groups in total. The Labute approximate surface area is 92.1 Å². The first kappa shape index (κ1) is 11.9. The third kappa shape index (κ3) is 2.26. The molecule has 1 aromatic carbocycles. The van der Waals surface area contributed by atoms with Gasteiger partial charge in [-0.2, -0.15) is 0 Å². The van der Waals surface area contributed by atoms with Gasteiger partial charge in [0.15, 0.2) is 11.5 Å². The van der Waals surface area contributed by atoms with Gasteiger partial charge in [-0.25, -0.2) is 5.48 Å². The molecule has 6 heteroatoms. The number of ether oxygens (including phenoxy) is 2. The van der Waals surface area contributed by atoms with E-state index in [4.69, 9.17) is 26.3 Å². The van der Waals surface area contributed by atoms with Crippen LogP contribution in [-0.4, -0.2) is 24.5 Å². The fourth-order valence-corrected chi connectivity index (χ4v) is 1.48. The Kier molecular flexibility index (Phi) is 4.02. The molecule has 0 aromatic heterocycles. The van der Waals surface area contributed by atoms with Crippen molar-refractivity contribution in [3.8, 4) is 17.2 Å². The Morgan fingerprint density at radius 3 is 2.53 bits per heavy atom. The van der Waals surface area contributed by atoms with Gasteiger partial charge >= 0.3 is 0 Å². The third-order valence-corrected chi connectivity index (χ3v) is 2.24. The minimum absolute atomic E-state index is 0.00588. The lowest BCUT2D eigenvalue weighted by Crippen LogP contribution is -2.08. The Bertz CT molecular complexity index is 356. The van der Waals surface area contributed by atoms with Gasteiger partial charge in [-0.15, -0.1) is 0 Å². The van der Waals surface area contributed by atoms with Crippen LogP contribution in [0.3, 0.4) is 0 Å². The first-order valence-electron chi connectivity index (χ1n) is 4.15. The number of methoxy groups -OCH3 is 2. The number of hydroxylamine groups is 1. The fourth-order valence-electron chi connectivity index (χ4n) is 1.27. The molecule has 0 aliphatic heterocycles. The predicted molar refractivity (Wildman–Crippen MR) is 54.8 cm³/mol. The number of nitrogens with one attached hydrogen (secondary N) is 1. The Morgan fingerprint density at radius 2 is 2.07 bits per heavy atom. The molecule has 0 aliphatic rings. The summed E-state index contributed by atoms with van der Waals surface area (Å²) in [4.78, 5) is 0. The van der Waals surface area contributed by atoms with Gasteiger partial charge in [-0.1, -0.05) is 11.6 Å². The van der Waals surface area contributed by atoms with Crippen LogP contribution in [0.15, 0.2) is 6.07 Å². The van der Waals surface area contributed by atoms with E-state index in [1.807, 2.05) is 5.48 Å². The summed E-state index contributed by atoms with van der Waals surface area (Å²) in [6.07, 6.45) is 0. The highest BCUT2D eigenvalue weighted by Gasteiger charge is 2.17. The van der Waals surface area contributed by atoms with Gasteiger partial charge < -0.3 is 19.8 Å². The lowest BCUT2D eigenvalue weighted by Gasteiger charge is -2.14. The first-order valence-corrected chi connectivity index (χ1v) is 4.52. The van der Waals surface area contributed by atoms with Crippen LogP contribution in [0.2, 0.25) is 5.02 Å². The van der Waals surface area contributed by atoms with E-state index in [2.05, 4.69) is 0 Å². The van der Waals surface area contributed by atoms with Crippen molar-refractivity contribution in [3.05, 3.63) is 16.7 Å². The predicted octanol–water partition coefficient (Wildman–Crippen LogP) is 1.54. The third-order valence-electron chi connectivity index (χ3n) is 1.95. The number of phenols is 1. The largest absolute Gasteiger partial charge is 0.506 e. The van der Waals surface area contributed by atoms with Crippen LogP contribution in [-0.2, 0) is 6.54 Å². The summed E-state index contributed by atoms with van der Waals surface area (Å²) in [5.41, 5.74) is 2.26. The van der Waals surface area contributed by atoms with E-state index >= 15 is 0 Å². The van der Waals surface area contributed by atoms with E-state index in [0.717, 1.165) is 0 Å². The molecule has 5 nitrogen and oxygen atoms in total. The van der Waals surface area contributed by atoms with E-state index < -0.39 is 0 Å². The molecule has 1 aromatic rings. The highest BCUT2D eigenvalue weighted by atomic mass is 35.5. The molecule has 0 atom stereocenters. The standard InChI is InChI=1S/C9H12ClNO4/c1-14-7-3-6(10)8(12)5(4-11-13)9(7)15-2/h3,11-13H,4H2,1-2H3. The molecule has 0 fully saturated rings. The topological polar surface area (TPSA) is 71.0 Å². The Morgan fingerprint density at radius 1 is 1.40 bits per heavy atom. The van der Waals surface area contributed by atoms with Crippen LogP contribution in [0.5, 0.6) is 17.2 Å². The van der Waals surface area contributed by atoms with Gasteiger partial charge in [0.2, 0.25) is 0 Å². The zero-order valence-corrected chi connectivity index (χ0v) is 9.13. The van der Waals surface area contributed by atoms with Crippen molar-refractivity contribution in [2.75, 3.05) is 14.2 Å². The van der Waals surface area contributed by atoms with Crippen molar-refractivity contribution in [2.45, 2.75) is 6.54 Å². The average Bonchev–Trinajstić information content (AvgIpc) is 2.24. The van der Waals surface area contributed by atoms with Gasteiger partial charge in [0.1, 0.15) is 5.75 Å². The Hall–Kier alpha value is -1.17. The molecule has 84 valence electrons. The smallest absolute Gasteiger partial charge is 0.169 e. The molecule has 1 rings (SSSR count). The number of rotatable bonds is 4. The molecule has 0 saturated carbocycles. The number of hydrogen-bond donors (Lipinski definition) is 3. The maximum Gasteiger partial charge on any atom is 0.169 e. The lowest BCUT2D eigenvalue weighted by molar-refractivity contribution is 0.158. The summed E-state index contributed by atoms with van der Waals surface area (Å²) in [6.45, 7) is 0.00588. The average molecular weight is 234 g/mol.